The van der Waals surface area contributed by atoms with E-state index in [0.717, 1.165) is 24.6 Å². The van der Waals surface area contributed by atoms with Crippen molar-refractivity contribution in [1.29, 1.82) is 5.26 Å². The lowest BCUT2D eigenvalue weighted by Gasteiger charge is -2.39. The van der Waals surface area contributed by atoms with Crippen LogP contribution in [0.15, 0.2) is 9.70 Å². The SMILES string of the molecule is CCCCn1c(N2CC(C)OC(C)C2)c(/C=C2/SC(=S)N(CCC(=O)O)C2=O)c(C)c(C#N)c1=O. The third-order valence-electron chi connectivity index (χ3n) is 6.00. The molecule has 2 fully saturated rings. The summed E-state index contributed by atoms with van der Waals surface area (Å²) in [4.78, 5) is 41.2. The number of aromatic nitrogens is 1. The Bertz CT molecular complexity index is 1160. The van der Waals surface area contributed by atoms with Gasteiger partial charge in [0.15, 0.2) is 0 Å². The molecule has 9 nitrogen and oxygen atoms in total. The number of carboxylic acid groups (broad SMARTS) is 1. The third-order valence-corrected chi connectivity index (χ3v) is 7.38. The Balaban J connectivity index is 2.20. The van der Waals surface area contributed by atoms with E-state index in [-0.39, 0.29) is 46.5 Å². The van der Waals surface area contributed by atoms with E-state index in [2.05, 4.69) is 11.0 Å². The summed E-state index contributed by atoms with van der Waals surface area (Å²) in [5.41, 5.74) is 0.832. The number of aliphatic carboxylic acids is 1. The van der Waals surface area contributed by atoms with Gasteiger partial charge in [-0.05, 0) is 38.8 Å². The van der Waals surface area contributed by atoms with Crippen LogP contribution in [0.1, 0.15) is 56.7 Å². The summed E-state index contributed by atoms with van der Waals surface area (Å²) in [6.07, 6.45) is 2.98. The van der Waals surface area contributed by atoms with Gasteiger partial charge in [-0.2, -0.15) is 5.26 Å². The van der Waals surface area contributed by atoms with Crippen molar-refractivity contribution in [2.75, 3.05) is 24.5 Å². The minimum Gasteiger partial charge on any atom is -0.481 e. The summed E-state index contributed by atoms with van der Waals surface area (Å²) in [6, 6.07) is 2.06. The average molecular weight is 519 g/mol. The van der Waals surface area contributed by atoms with Gasteiger partial charge in [-0.15, -0.1) is 0 Å². The molecule has 2 atom stereocenters. The largest absolute Gasteiger partial charge is 0.481 e. The second-order valence-corrected chi connectivity index (χ2v) is 10.5. The number of carbonyl (C=O) groups is 2. The van der Waals surface area contributed by atoms with Crippen molar-refractivity contribution in [2.45, 2.75) is 65.7 Å². The van der Waals surface area contributed by atoms with Gasteiger partial charge in [0.05, 0.1) is 23.5 Å². The monoisotopic (exact) mass is 518 g/mol. The lowest BCUT2D eigenvalue weighted by Crippen LogP contribution is -2.48. The molecule has 188 valence electrons. The number of ether oxygens (including phenoxy) is 1. The van der Waals surface area contributed by atoms with E-state index >= 15 is 0 Å². The maximum Gasteiger partial charge on any atom is 0.305 e. The van der Waals surface area contributed by atoms with Gasteiger partial charge in [0.1, 0.15) is 21.8 Å². The minimum absolute atomic E-state index is 0.0128. The molecule has 0 spiro atoms. The van der Waals surface area contributed by atoms with Crippen molar-refractivity contribution in [1.82, 2.24) is 9.47 Å². The molecule has 0 aliphatic carbocycles. The van der Waals surface area contributed by atoms with Crippen LogP contribution >= 0.6 is 24.0 Å². The van der Waals surface area contributed by atoms with Crippen LogP contribution in [0.2, 0.25) is 0 Å². The van der Waals surface area contributed by atoms with Crippen molar-refractivity contribution < 1.29 is 19.4 Å². The molecule has 0 aromatic carbocycles. The zero-order valence-corrected chi connectivity index (χ0v) is 22.0. The predicted octanol–water partition coefficient (Wildman–Crippen LogP) is 3.12. The van der Waals surface area contributed by atoms with E-state index in [9.17, 15) is 19.6 Å². The molecule has 35 heavy (non-hydrogen) atoms. The van der Waals surface area contributed by atoms with E-state index in [4.69, 9.17) is 22.1 Å². The lowest BCUT2D eigenvalue weighted by molar-refractivity contribution is -0.137. The predicted molar refractivity (Wildman–Crippen MR) is 139 cm³/mol. The van der Waals surface area contributed by atoms with E-state index < -0.39 is 5.97 Å². The van der Waals surface area contributed by atoms with Gasteiger partial charge in [-0.1, -0.05) is 37.3 Å². The number of hydrogen-bond donors (Lipinski definition) is 1. The van der Waals surface area contributed by atoms with E-state index in [1.807, 2.05) is 20.8 Å². The zero-order chi connectivity index (χ0) is 25.9. The van der Waals surface area contributed by atoms with Crippen LogP contribution in [0.25, 0.3) is 6.08 Å². The quantitative estimate of drug-likeness (QED) is 0.409. The zero-order valence-electron chi connectivity index (χ0n) is 20.4. The molecular weight excluding hydrogens is 488 g/mol. The number of thioether (sulfide) groups is 1. The van der Waals surface area contributed by atoms with Gasteiger partial charge in [0.25, 0.3) is 11.5 Å². The molecule has 2 aliphatic rings. The molecule has 1 aromatic rings. The number of nitriles is 1. The molecular formula is C24H30N4O5S2. The van der Waals surface area contributed by atoms with Crippen LogP contribution in [-0.4, -0.2) is 62.6 Å². The molecule has 3 rings (SSSR count). The Hall–Kier alpha value is -2.68. The Morgan fingerprint density at radius 3 is 2.51 bits per heavy atom. The number of amides is 1. The number of unbranched alkanes of at least 4 members (excludes halogenated alkanes) is 1. The lowest BCUT2D eigenvalue weighted by atomic mass is 10.0. The van der Waals surface area contributed by atoms with Crippen molar-refractivity contribution in [2.24, 2.45) is 0 Å². The van der Waals surface area contributed by atoms with E-state index in [1.54, 1.807) is 17.6 Å². The molecule has 2 unspecified atom stereocenters. The first-order valence-electron chi connectivity index (χ1n) is 11.6. The number of nitrogens with zero attached hydrogens (tertiary/aromatic N) is 4. The van der Waals surface area contributed by atoms with Gasteiger partial charge in [-0.25, -0.2) is 0 Å². The van der Waals surface area contributed by atoms with E-state index in [1.165, 1.54) is 4.90 Å². The van der Waals surface area contributed by atoms with E-state index in [0.29, 0.717) is 41.5 Å². The molecule has 0 bridgehead atoms. The number of carbonyl (C=O) groups excluding carboxylic acids is 1. The summed E-state index contributed by atoms with van der Waals surface area (Å²) >= 11 is 6.43. The number of thiocarbonyl (C=S) groups is 1. The van der Waals surface area contributed by atoms with Gasteiger partial charge in [0, 0.05) is 31.7 Å². The highest BCUT2D eigenvalue weighted by atomic mass is 32.2. The second-order valence-electron chi connectivity index (χ2n) is 8.80. The van der Waals surface area contributed by atoms with Crippen molar-refractivity contribution in [3.8, 4) is 6.07 Å². The average Bonchev–Trinajstić information content (AvgIpc) is 3.05. The van der Waals surface area contributed by atoms with Crippen molar-refractivity contribution >= 4 is 52.1 Å². The minimum atomic E-state index is -1.02. The molecule has 1 N–H and O–H groups in total. The van der Waals surface area contributed by atoms with Crippen LogP contribution in [0.4, 0.5) is 5.82 Å². The summed E-state index contributed by atoms with van der Waals surface area (Å²) < 4.78 is 7.84. The molecule has 1 amide bonds. The highest BCUT2D eigenvalue weighted by Crippen LogP contribution is 2.36. The number of morpholine rings is 1. The van der Waals surface area contributed by atoms with Crippen LogP contribution in [-0.2, 0) is 20.9 Å². The highest BCUT2D eigenvalue weighted by molar-refractivity contribution is 8.26. The Kier molecular flexibility index (Phi) is 8.74. The smallest absolute Gasteiger partial charge is 0.305 e. The Morgan fingerprint density at radius 1 is 1.29 bits per heavy atom. The van der Waals surface area contributed by atoms with Crippen molar-refractivity contribution in [3.63, 3.8) is 0 Å². The van der Waals surface area contributed by atoms with Gasteiger partial charge >= 0.3 is 5.97 Å². The number of hydrogen-bond acceptors (Lipinski definition) is 8. The topological polar surface area (TPSA) is 116 Å². The first kappa shape index (κ1) is 26.9. The van der Waals surface area contributed by atoms with Crippen LogP contribution in [0.5, 0.6) is 0 Å². The van der Waals surface area contributed by atoms with Crippen LogP contribution in [0.3, 0.4) is 0 Å². The number of pyridine rings is 1. The normalized spacial score (nSPS) is 21.6. The van der Waals surface area contributed by atoms with Gasteiger partial charge in [0.2, 0.25) is 0 Å². The summed E-state index contributed by atoms with van der Waals surface area (Å²) in [7, 11) is 0. The first-order chi connectivity index (χ1) is 16.6. The number of carboxylic acids is 1. The van der Waals surface area contributed by atoms with Gasteiger partial charge < -0.3 is 14.7 Å². The Labute approximate surface area is 214 Å². The highest BCUT2D eigenvalue weighted by Gasteiger charge is 2.34. The first-order valence-corrected chi connectivity index (χ1v) is 12.9. The summed E-state index contributed by atoms with van der Waals surface area (Å²) in [6.45, 7) is 9.25. The summed E-state index contributed by atoms with van der Waals surface area (Å²) in [5, 5.41) is 18.8. The molecule has 0 radical (unpaired) electrons. The fourth-order valence-corrected chi connectivity index (χ4v) is 5.68. The molecule has 11 heteroatoms. The number of rotatable bonds is 8. The molecule has 0 saturated carbocycles. The number of anilines is 1. The van der Waals surface area contributed by atoms with Gasteiger partial charge in [-0.3, -0.25) is 23.9 Å². The second kappa shape index (κ2) is 11.4. The standard InChI is InChI=1S/C24H30N4O5S2/c1-5-6-8-27-21(26-12-14(2)33-15(3)13-26)17(16(4)18(11-25)22(27)31)10-19-23(32)28(24(34)35-19)9-7-20(29)30/h10,14-15H,5-9,12-13H2,1-4H3,(H,29,30)/b19-10+. The molecule has 2 saturated heterocycles. The maximum absolute atomic E-state index is 13.4. The molecule has 3 heterocycles. The van der Waals surface area contributed by atoms with Crippen molar-refractivity contribution in [3.05, 3.63) is 31.9 Å². The maximum atomic E-state index is 13.4. The fourth-order valence-electron chi connectivity index (χ4n) is 4.39. The van der Waals surface area contributed by atoms with Crippen LogP contribution in [0, 0.1) is 18.3 Å². The van der Waals surface area contributed by atoms with Crippen LogP contribution < -0.4 is 10.5 Å². The molecule has 2 aliphatic heterocycles. The third kappa shape index (κ3) is 5.77. The summed E-state index contributed by atoms with van der Waals surface area (Å²) in [5.74, 6) is -0.726. The molecule has 1 aromatic heterocycles. The fraction of sp³-hybridized carbons (Fsp3) is 0.542. The Morgan fingerprint density at radius 2 is 1.94 bits per heavy atom.